The number of nitrogens with one attached hydrogen (secondary N) is 2. The number of aryl methyl sites for hydroxylation is 1. The molecule has 196 valence electrons. The second kappa shape index (κ2) is 9.32. The minimum absolute atomic E-state index is 0.144. The van der Waals surface area contributed by atoms with Crippen LogP contribution in [0.2, 0.25) is 0 Å². The van der Waals surface area contributed by atoms with E-state index >= 15 is 0 Å². The van der Waals surface area contributed by atoms with Crippen LogP contribution >= 0.6 is 11.8 Å². The first kappa shape index (κ1) is 25.5. The average Bonchev–Trinajstić information content (AvgIpc) is 3.11. The molecule has 3 heterocycles. The molecule has 0 aliphatic carbocycles. The van der Waals surface area contributed by atoms with Crippen LogP contribution in [0.4, 0.5) is 5.69 Å². The lowest BCUT2D eigenvalue weighted by molar-refractivity contribution is -0.161. The highest BCUT2D eigenvalue weighted by Gasteiger charge is 2.64. The number of hydrogen-bond acceptors (Lipinski definition) is 7. The van der Waals surface area contributed by atoms with Crippen LogP contribution in [0.25, 0.3) is 11.0 Å². The Hall–Kier alpha value is -4.12. The summed E-state index contributed by atoms with van der Waals surface area (Å²) in [5.41, 5.74) is 1.18. The number of thioether (sulfide) groups is 1. The first-order chi connectivity index (χ1) is 18.0. The third-order valence-electron chi connectivity index (χ3n) is 6.74. The van der Waals surface area contributed by atoms with E-state index in [1.165, 1.54) is 22.7 Å². The predicted molar refractivity (Wildman–Crippen MR) is 141 cm³/mol. The molecule has 0 saturated carbocycles. The van der Waals surface area contributed by atoms with E-state index in [1.54, 1.807) is 56.3 Å². The van der Waals surface area contributed by atoms with Gasteiger partial charge < -0.3 is 25.1 Å². The number of anilines is 1. The lowest BCUT2D eigenvalue weighted by atomic mass is 9.96. The first-order valence-electron chi connectivity index (χ1n) is 11.9. The van der Waals surface area contributed by atoms with E-state index in [2.05, 4.69) is 10.6 Å². The SMILES string of the molecule is Cc1ccc2oc(=O)c(C(=O)Nc3ccccc3CC(=O)NC3C(=O)N4[C@@H]3SC(C)(C)[C@@H]4C(=O)O)cc2c1. The van der Waals surface area contributed by atoms with Gasteiger partial charge in [0.2, 0.25) is 11.8 Å². The molecule has 3 amide bonds. The highest BCUT2D eigenvalue weighted by atomic mass is 32.2. The normalized spacial score (nSPS) is 21.5. The summed E-state index contributed by atoms with van der Waals surface area (Å²) in [7, 11) is 0. The number of carbonyl (C=O) groups is 4. The number of carbonyl (C=O) groups excluding carboxylic acids is 3. The van der Waals surface area contributed by atoms with Gasteiger partial charge in [0.05, 0.1) is 6.42 Å². The summed E-state index contributed by atoms with van der Waals surface area (Å²) in [5.74, 6) is -2.65. The Morgan fingerprint density at radius 3 is 2.58 bits per heavy atom. The highest BCUT2D eigenvalue weighted by molar-refractivity contribution is 8.01. The van der Waals surface area contributed by atoms with Crippen molar-refractivity contribution in [2.75, 3.05) is 5.32 Å². The Bertz CT molecular complexity index is 1560. The summed E-state index contributed by atoms with van der Waals surface area (Å²) in [6.45, 7) is 5.41. The fourth-order valence-corrected chi connectivity index (χ4v) is 6.56. The summed E-state index contributed by atoms with van der Waals surface area (Å²) >= 11 is 1.34. The zero-order valence-electron chi connectivity index (χ0n) is 20.8. The van der Waals surface area contributed by atoms with E-state index in [4.69, 9.17) is 4.42 Å². The van der Waals surface area contributed by atoms with Gasteiger partial charge in [0.15, 0.2) is 0 Å². The predicted octanol–water partition coefficient (Wildman–Crippen LogP) is 2.53. The molecular formula is C27H25N3O7S. The Labute approximate surface area is 221 Å². The number of benzene rings is 2. The zero-order valence-corrected chi connectivity index (χ0v) is 21.6. The van der Waals surface area contributed by atoms with Crippen LogP contribution in [0.3, 0.4) is 0 Å². The number of rotatable bonds is 6. The second-order valence-electron chi connectivity index (χ2n) is 9.92. The van der Waals surface area contributed by atoms with Crippen LogP contribution in [-0.2, 0) is 20.8 Å². The van der Waals surface area contributed by atoms with Crippen LogP contribution in [0, 0.1) is 6.92 Å². The Morgan fingerprint density at radius 2 is 1.84 bits per heavy atom. The van der Waals surface area contributed by atoms with Crippen LogP contribution in [0.5, 0.6) is 0 Å². The molecule has 11 heteroatoms. The molecule has 3 atom stereocenters. The van der Waals surface area contributed by atoms with E-state index in [0.717, 1.165) is 5.56 Å². The number of carboxylic acid groups (broad SMARTS) is 1. The quantitative estimate of drug-likeness (QED) is 0.322. The molecule has 1 aromatic heterocycles. The molecule has 1 unspecified atom stereocenters. The molecule has 38 heavy (non-hydrogen) atoms. The van der Waals surface area contributed by atoms with E-state index in [0.29, 0.717) is 22.2 Å². The minimum Gasteiger partial charge on any atom is -0.480 e. The molecule has 3 aromatic rings. The van der Waals surface area contributed by atoms with Gasteiger partial charge in [-0.15, -0.1) is 11.8 Å². The minimum atomic E-state index is -1.08. The number of nitrogens with zero attached hydrogens (tertiary/aromatic N) is 1. The molecule has 2 aliphatic heterocycles. The van der Waals surface area contributed by atoms with E-state index in [9.17, 15) is 29.1 Å². The van der Waals surface area contributed by atoms with Crippen molar-refractivity contribution in [3.05, 3.63) is 75.6 Å². The van der Waals surface area contributed by atoms with Crippen molar-refractivity contribution in [2.24, 2.45) is 0 Å². The van der Waals surface area contributed by atoms with Gasteiger partial charge in [-0.1, -0.05) is 29.8 Å². The number of aliphatic carboxylic acids is 1. The highest BCUT2D eigenvalue weighted by Crippen LogP contribution is 2.50. The summed E-state index contributed by atoms with van der Waals surface area (Å²) in [4.78, 5) is 64.0. The third kappa shape index (κ3) is 4.43. The molecule has 10 nitrogen and oxygen atoms in total. The largest absolute Gasteiger partial charge is 0.480 e. The van der Waals surface area contributed by atoms with E-state index in [-0.39, 0.29) is 12.0 Å². The van der Waals surface area contributed by atoms with Crippen LogP contribution in [-0.4, -0.2) is 55.9 Å². The molecule has 0 radical (unpaired) electrons. The fourth-order valence-electron chi connectivity index (χ4n) is 4.93. The number of fused-ring (bicyclic) bond motifs is 2. The molecule has 2 saturated heterocycles. The average molecular weight is 536 g/mol. The maximum atomic E-state index is 13.0. The van der Waals surface area contributed by atoms with Crippen molar-refractivity contribution in [3.63, 3.8) is 0 Å². The van der Waals surface area contributed by atoms with Crippen LogP contribution in [0.15, 0.2) is 57.7 Å². The Balaban J connectivity index is 1.29. The molecule has 2 aliphatic rings. The van der Waals surface area contributed by atoms with Gasteiger partial charge in [0.25, 0.3) is 5.91 Å². The van der Waals surface area contributed by atoms with Crippen molar-refractivity contribution >= 4 is 52.1 Å². The van der Waals surface area contributed by atoms with E-state index < -0.39 is 51.5 Å². The van der Waals surface area contributed by atoms with Crippen molar-refractivity contribution in [1.82, 2.24) is 10.2 Å². The number of para-hydroxylation sites is 1. The lowest BCUT2D eigenvalue weighted by Gasteiger charge is -2.43. The number of amides is 3. The number of β-lactam (4-membered cyclic amide) rings is 1. The molecule has 5 rings (SSSR count). The van der Waals surface area contributed by atoms with Crippen molar-refractivity contribution in [2.45, 2.75) is 49.4 Å². The van der Waals surface area contributed by atoms with Gasteiger partial charge in [-0.05, 0) is 50.6 Å². The maximum absolute atomic E-state index is 13.0. The number of carboxylic acids is 1. The smallest absolute Gasteiger partial charge is 0.349 e. The molecular weight excluding hydrogens is 510 g/mol. The molecule has 0 bridgehead atoms. The van der Waals surface area contributed by atoms with Gasteiger partial charge in [-0.2, -0.15) is 0 Å². The molecule has 3 N–H and O–H groups in total. The Kier molecular flexibility index (Phi) is 6.26. The summed E-state index contributed by atoms with van der Waals surface area (Å²) < 4.78 is 4.59. The van der Waals surface area contributed by atoms with Crippen LogP contribution < -0.4 is 16.3 Å². The third-order valence-corrected chi connectivity index (χ3v) is 8.31. The second-order valence-corrected chi connectivity index (χ2v) is 11.7. The maximum Gasteiger partial charge on any atom is 0.349 e. The summed E-state index contributed by atoms with van der Waals surface area (Å²) in [5, 5.41) is 15.1. The molecule has 0 spiro atoms. The topological polar surface area (TPSA) is 146 Å². The fraction of sp³-hybridized carbons (Fsp3) is 0.296. The zero-order chi connectivity index (χ0) is 27.4. The van der Waals surface area contributed by atoms with Gasteiger partial charge in [-0.25, -0.2) is 9.59 Å². The summed E-state index contributed by atoms with van der Waals surface area (Å²) in [6.07, 6.45) is -0.144. The van der Waals surface area contributed by atoms with Gasteiger partial charge >= 0.3 is 11.6 Å². The van der Waals surface area contributed by atoms with Crippen molar-refractivity contribution < 1.29 is 28.7 Å². The number of hydrogen-bond donors (Lipinski definition) is 3. The van der Waals surface area contributed by atoms with Gasteiger partial charge in [0.1, 0.15) is 28.6 Å². The first-order valence-corrected chi connectivity index (χ1v) is 12.8. The van der Waals surface area contributed by atoms with Gasteiger partial charge in [0, 0.05) is 15.8 Å². The lowest BCUT2D eigenvalue weighted by Crippen LogP contribution is -2.70. The van der Waals surface area contributed by atoms with Crippen LogP contribution in [0.1, 0.15) is 35.3 Å². The molecule has 2 aromatic carbocycles. The Morgan fingerprint density at radius 1 is 1.11 bits per heavy atom. The molecule has 2 fully saturated rings. The van der Waals surface area contributed by atoms with Crippen molar-refractivity contribution in [1.29, 1.82) is 0 Å². The standard InChI is InChI=1S/C27H25N3O7S/c1-13-8-9-18-15(10-13)11-16(26(36)37-18)22(32)28-17-7-5-4-6-14(17)12-19(31)29-20-23(33)30-21(25(34)35)27(2,3)38-24(20)30/h4-11,20-21,24H,12H2,1-3H3,(H,28,32)(H,29,31)(H,34,35)/t20?,21-,24+/m0/s1. The van der Waals surface area contributed by atoms with Gasteiger partial charge in [-0.3, -0.25) is 14.4 Å². The van der Waals surface area contributed by atoms with Crippen molar-refractivity contribution in [3.8, 4) is 0 Å². The van der Waals surface area contributed by atoms with E-state index in [1.807, 2.05) is 6.92 Å². The monoisotopic (exact) mass is 535 g/mol. The summed E-state index contributed by atoms with van der Waals surface area (Å²) in [6, 6.07) is 11.6.